The highest BCUT2D eigenvalue weighted by atomic mass is 35.5. The summed E-state index contributed by atoms with van der Waals surface area (Å²) in [5.74, 6) is 0.591. The van der Waals surface area contributed by atoms with Crippen LogP contribution >= 0.6 is 34.7 Å². The first-order valence-corrected chi connectivity index (χ1v) is 12.0. The summed E-state index contributed by atoms with van der Waals surface area (Å²) in [7, 11) is 3.38. The second kappa shape index (κ2) is 10.8. The van der Waals surface area contributed by atoms with Crippen LogP contribution in [0.25, 0.3) is 11.4 Å². The van der Waals surface area contributed by atoms with Gasteiger partial charge in [-0.3, -0.25) is 4.79 Å². The number of carbonyl (C=O) groups excluding carboxylic acids is 2. The maximum atomic E-state index is 12.6. The Morgan fingerprint density at radius 3 is 2.72 bits per heavy atom. The molecule has 0 aliphatic rings. The Bertz CT molecular complexity index is 1130. The largest absolute Gasteiger partial charge is 0.496 e. The van der Waals surface area contributed by atoms with E-state index in [-0.39, 0.29) is 18.3 Å². The van der Waals surface area contributed by atoms with Crippen molar-refractivity contribution in [3.8, 4) is 17.1 Å². The fourth-order valence-electron chi connectivity index (χ4n) is 2.89. The van der Waals surface area contributed by atoms with Crippen LogP contribution in [0.5, 0.6) is 5.75 Å². The molecular formula is C21H23ClN4O4S2. The van der Waals surface area contributed by atoms with E-state index in [9.17, 15) is 9.59 Å². The van der Waals surface area contributed by atoms with E-state index in [0.717, 1.165) is 11.3 Å². The second-order valence-electron chi connectivity index (χ2n) is 6.58. The van der Waals surface area contributed by atoms with Gasteiger partial charge in [0, 0.05) is 16.9 Å². The number of ether oxygens (including phenoxy) is 2. The molecule has 0 spiro atoms. The van der Waals surface area contributed by atoms with Gasteiger partial charge in [0.15, 0.2) is 11.0 Å². The number of carbonyl (C=O) groups is 2. The molecule has 3 rings (SSSR count). The van der Waals surface area contributed by atoms with Gasteiger partial charge in [0.25, 0.3) is 0 Å². The molecule has 2 aromatic heterocycles. The van der Waals surface area contributed by atoms with Crippen molar-refractivity contribution in [1.82, 2.24) is 14.8 Å². The summed E-state index contributed by atoms with van der Waals surface area (Å²) in [6.45, 7) is 4.00. The minimum Gasteiger partial charge on any atom is -0.496 e. The van der Waals surface area contributed by atoms with Crippen molar-refractivity contribution in [2.24, 2.45) is 7.05 Å². The average Bonchev–Trinajstić information content (AvgIpc) is 3.35. The standard InChI is InChI=1S/C21H23ClN4O4S2/c1-5-13-10-15(20(28)30-6-2)19(32-13)23-17(27)11-31-21-25-24-18(26(21)3)14-9-12(22)7-8-16(14)29-4/h7-10H,5-6,11H2,1-4H3,(H,23,27). The number of nitrogens with one attached hydrogen (secondary N) is 1. The summed E-state index contributed by atoms with van der Waals surface area (Å²) in [6.07, 6.45) is 0.760. The Morgan fingerprint density at radius 1 is 1.25 bits per heavy atom. The highest BCUT2D eigenvalue weighted by molar-refractivity contribution is 7.99. The third-order valence-electron chi connectivity index (χ3n) is 4.45. The van der Waals surface area contributed by atoms with Gasteiger partial charge in [0.1, 0.15) is 10.8 Å². The molecule has 0 aliphatic heterocycles. The van der Waals surface area contributed by atoms with E-state index in [1.165, 1.54) is 23.1 Å². The number of thiophene rings is 1. The minimum atomic E-state index is -0.445. The molecule has 2 heterocycles. The highest BCUT2D eigenvalue weighted by Gasteiger charge is 2.20. The summed E-state index contributed by atoms with van der Waals surface area (Å²) in [5, 5.41) is 12.8. The molecule has 11 heteroatoms. The van der Waals surface area contributed by atoms with Crippen LogP contribution in [0.3, 0.4) is 0 Å². The highest BCUT2D eigenvalue weighted by Crippen LogP contribution is 2.33. The minimum absolute atomic E-state index is 0.0975. The van der Waals surface area contributed by atoms with E-state index in [1.807, 2.05) is 14.0 Å². The molecule has 3 aromatic rings. The topological polar surface area (TPSA) is 95.3 Å². The zero-order valence-corrected chi connectivity index (χ0v) is 20.5. The molecule has 0 radical (unpaired) electrons. The summed E-state index contributed by atoms with van der Waals surface area (Å²) in [4.78, 5) is 25.8. The van der Waals surface area contributed by atoms with Gasteiger partial charge < -0.3 is 19.4 Å². The van der Waals surface area contributed by atoms with Crippen LogP contribution in [-0.4, -0.2) is 46.1 Å². The second-order valence-corrected chi connectivity index (χ2v) is 9.09. The molecule has 0 aliphatic carbocycles. The number of thioether (sulfide) groups is 1. The first-order valence-electron chi connectivity index (χ1n) is 9.83. The Kier molecular flexibility index (Phi) is 8.16. The summed E-state index contributed by atoms with van der Waals surface area (Å²) in [5.41, 5.74) is 1.08. The number of hydrogen-bond acceptors (Lipinski definition) is 8. The number of rotatable bonds is 9. The number of amides is 1. The van der Waals surface area contributed by atoms with Gasteiger partial charge in [-0.1, -0.05) is 30.3 Å². The normalized spacial score (nSPS) is 10.8. The van der Waals surface area contributed by atoms with Crippen LogP contribution in [0, 0.1) is 0 Å². The number of nitrogens with zero attached hydrogens (tertiary/aromatic N) is 3. The lowest BCUT2D eigenvalue weighted by Crippen LogP contribution is -2.16. The molecule has 170 valence electrons. The number of benzene rings is 1. The van der Waals surface area contributed by atoms with Gasteiger partial charge in [-0.05, 0) is 37.6 Å². The number of halogens is 1. The molecular weight excluding hydrogens is 472 g/mol. The van der Waals surface area contributed by atoms with Gasteiger partial charge in [-0.25, -0.2) is 4.79 Å². The molecule has 0 saturated carbocycles. The number of aromatic nitrogens is 3. The maximum Gasteiger partial charge on any atom is 0.341 e. The average molecular weight is 495 g/mol. The molecule has 0 bridgehead atoms. The van der Waals surface area contributed by atoms with Crippen LogP contribution in [0.1, 0.15) is 29.1 Å². The molecule has 1 aromatic carbocycles. The van der Waals surface area contributed by atoms with Crippen molar-refractivity contribution in [2.45, 2.75) is 25.4 Å². The molecule has 1 N–H and O–H groups in total. The summed E-state index contributed by atoms with van der Waals surface area (Å²) < 4.78 is 12.3. The number of esters is 1. The van der Waals surface area contributed by atoms with Gasteiger partial charge in [0.2, 0.25) is 5.91 Å². The predicted octanol–water partition coefficient (Wildman–Crippen LogP) is 4.68. The third-order valence-corrected chi connectivity index (χ3v) is 6.90. The lowest BCUT2D eigenvalue weighted by atomic mass is 10.2. The first-order chi connectivity index (χ1) is 15.4. The number of anilines is 1. The third kappa shape index (κ3) is 5.43. The van der Waals surface area contributed by atoms with Gasteiger partial charge in [-0.15, -0.1) is 21.5 Å². The summed E-state index contributed by atoms with van der Waals surface area (Å²) >= 11 is 8.74. The monoisotopic (exact) mass is 494 g/mol. The Balaban J connectivity index is 1.71. The SMILES string of the molecule is CCOC(=O)c1cc(CC)sc1NC(=O)CSc1nnc(-c2cc(Cl)ccc2OC)n1C. The van der Waals surface area contributed by atoms with Crippen molar-refractivity contribution in [1.29, 1.82) is 0 Å². The van der Waals surface area contributed by atoms with Crippen LogP contribution < -0.4 is 10.1 Å². The molecule has 0 fully saturated rings. The summed E-state index contributed by atoms with van der Waals surface area (Å²) in [6, 6.07) is 7.02. The van der Waals surface area contributed by atoms with Gasteiger partial charge in [0.05, 0.1) is 30.6 Å². The van der Waals surface area contributed by atoms with Crippen LogP contribution in [0.15, 0.2) is 29.4 Å². The smallest absolute Gasteiger partial charge is 0.341 e. The van der Waals surface area contributed by atoms with E-state index in [4.69, 9.17) is 21.1 Å². The van der Waals surface area contributed by atoms with E-state index in [0.29, 0.717) is 37.9 Å². The zero-order valence-electron chi connectivity index (χ0n) is 18.1. The van der Waals surface area contributed by atoms with Crippen LogP contribution in [-0.2, 0) is 23.0 Å². The van der Waals surface area contributed by atoms with Crippen molar-refractivity contribution >= 4 is 51.6 Å². The predicted molar refractivity (Wildman–Crippen MR) is 127 cm³/mol. The van der Waals surface area contributed by atoms with E-state index in [2.05, 4.69) is 15.5 Å². The fourth-order valence-corrected chi connectivity index (χ4v) is 4.78. The number of methoxy groups -OCH3 is 1. The Hall–Kier alpha value is -2.56. The Morgan fingerprint density at radius 2 is 2.03 bits per heavy atom. The number of hydrogen-bond donors (Lipinski definition) is 1. The number of aryl methyl sites for hydroxylation is 1. The van der Waals surface area contributed by atoms with Gasteiger partial charge in [-0.2, -0.15) is 0 Å². The van der Waals surface area contributed by atoms with Crippen molar-refractivity contribution < 1.29 is 19.1 Å². The molecule has 32 heavy (non-hydrogen) atoms. The lowest BCUT2D eigenvalue weighted by Gasteiger charge is -2.09. The van der Waals surface area contributed by atoms with E-state index >= 15 is 0 Å². The maximum absolute atomic E-state index is 12.6. The fraction of sp³-hybridized carbons (Fsp3) is 0.333. The quantitative estimate of drug-likeness (QED) is 0.341. The Labute approximate surface area is 199 Å². The molecule has 0 atom stereocenters. The van der Waals surface area contributed by atoms with E-state index in [1.54, 1.807) is 42.9 Å². The molecule has 8 nitrogen and oxygen atoms in total. The van der Waals surface area contributed by atoms with Gasteiger partial charge >= 0.3 is 5.97 Å². The van der Waals surface area contributed by atoms with Crippen LogP contribution in [0.4, 0.5) is 5.00 Å². The molecule has 0 saturated heterocycles. The van der Waals surface area contributed by atoms with Crippen molar-refractivity contribution in [3.05, 3.63) is 39.7 Å². The van der Waals surface area contributed by atoms with E-state index < -0.39 is 5.97 Å². The van der Waals surface area contributed by atoms with Crippen LogP contribution in [0.2, 0.25) is 5.02 Å². The molecule has 1 amide bonds. The lowest BCUT2D eigenvalue weighted by molar-refractivity contribution is -0.113. The zero-order chi connectivity index (χ0) is 23.3. The van der Waals surface area contributed by atoms with Crippen molar-refractivity contribution in [3.63, 3.8) is 0 Å². The van der Waals surface area contributed by atoms with Crippen molar-refractivity contribution in [2.75, 3.05) is 24.8 Å². The first kappa shape index (κ1) is 24.1. The molecule has 0 unspecified atom stereocenters.